The number of aromatic nitrogens is 1. The average molecular weight is 471 g/mol. The van der Waals surface area contributed by atoms with Gasteiger partial charge in [-0.3, -0.25) is 20.2 Å². The minimum atomic E-state index is -0.783. The molecule has 0 saturated carbocycles. The highest BCUT2D eigenvalue weighted by Gasteiger charge is 2.27. The molecule has 1 aromatic heterocycles. The Morgan fingerprint density at radius 3 is 2.45 bits per heavy atom. The molecule has 0 aliphatic heterocycles. The number of rotatable bonds is 9. The van der Waals surface area contributed by atoms with Gasteiger partial charge in [0.15, 0.2) is 16.6 Å². The zero-order valence-electron chi connectivity index (χ0n) is 18.1. The van der Waals surface area contributed by atoms with E-state index >= 15 is 0 Å². The lowest BCUT2D eigenvalue weighted by Crippen LogP contribution is -2.14. The van der Waals surface area contributed by atoms with Crippen molar-refractivity contribution in [1.82, 2.24) is 4.98 Å². The molecule has 3 aromatic rings. The largest absolute Gasteiger partial charge is 0.493 e. The zero-order valence-corrected chi connectivity index (χ0v) is 18.9. The third kappa shape index (κ3) is 5.26. The molecule has 0 radical (unpaired) electrons. The van der Waals surface area contributed by atoms with Crippen molar-refractivity contribution in [3.05, 3.63) is 63.0 Å². The van der Waals surface area contributed by atoms with E-state index < -0.39 is 22.5 Å². The maximum absolute atomic E-state index is 13.0. The monoisotopic (exact) mass is 471 g/mol. The van der Waals surface area contributed by atoms with Crippen LogP contribution in [0.25, 0.3) is 11.3 Å². The summed E-state index contributed by atoms with van der Waals surface area (Å²) in [5, 5.41) is 14.2. The van der Waals surface area contributed by atoms with Gasteiger partial charge in [0.1, 0.15) is 10.4 Å². The first kappa shape index (κ1) is 23.7. The number of nitro benzene ring substituents is 1. The number of nitro groups is 1. The Morgan fingerprint density at radius 1 is 1.12 bits per heavy atom. The number of carbonyl (C=O) groups is 2. The van der Waals surface area contributed by atoms with Crippen LogP contribution in [0.4, 0.5) is 10.8 Å². The Morgan fingerprint density at radius 2 is 1.85 bits per heavy atom. The van der Waals surface area contributed by atoms with Crippen LogP contribution in [0.15, 0.2) is 42.5 Å². The Hall–Kier alpha value is -3.99. The maximum atomic E-state index is 13.0. The Bertz CT molecular complexity index is 1180. The number of hydrogen-bond donors (Lipinski definition) is 1. The molecule has 0 unspecified atom stereocenters. The van der Waals surface area contributed by atoms with Gasteiger partial charge < -0.3 is 14.2 Å². The highest BCUT2D eigenvalue weighted by molar-refractivity contribution is 7.18. The van der Waals surface area contributed by atoms with Crippen molar-refractivity contribution >= 4 is 34.0 Å². The van der Waals surface area contributed by atoms with Crippen molar-refractivity contribution in [3.8, 4) is 22.8 Å². The van der Waals surface area contributed by atoms with E-state index in [0.717, 1.165) is 17.4 Å². The van der Waals surface area contributed by atoms with E-state index in [9.17, 15) is 19.7 Å². The molecule has 1 amide bonds. The van der Waals surface area contributed by atoms with Crippen molar-refractivity contribution in [3.63, 3.8) is 0 Å². The number of esters is 1. The first-order chi connectivity index (χ1) is 15.9. The van der Waals surface area contributed by atoms with Crippen LogP contribution in [0, 0.1) is 10.1 Å². The van der Waals surface area contributed by atoms with Crippen LogP contribution in [0.1, 0.15) is 33.9 Å². The lowest BCUT2D eigenvalue weighted by molar-refractivity contribution is -0.385. The third-order valence-electron chi connectivity index (χ3n) is 4.38. The van der Waals surface area contributed by atoms with E-state index in [-0.39, 0.29) is 40.3 Å². The normalized spacial score (nSPS) is 10.4. The fourth-order valence-corrected chi connectivity index (χ4v) is 3.85. The summed E-state index contributed by atoms with van der Waals surface area (Å²) in [4.78, 5) is 40.9. The van der Waals surface area contributed by atoms with Gasteiger partial charge in [-0.15, -0.1) is 0 Å². The van der Waals surface area contributed by atoms with Gasteiger partial charge in [0.05, 0.1) is 37.0 Å². The van der Waals surface area contributed by atoms with Crippen molar-refractivity contribution in [2.24, 2.45) is 0 Å². The van der Waals surface area contributed by atoms with Gasteiger partial charge in [0.2, 0.25) is 0 Å². The Balaban J connectivity index is 2.01. The third-order valence-corrected chi connectivity index (χ3v) is 5.33. The minimum Gasteiger partial charge on any atom is -0.493 e. The van der Waals surface area contributed by atoms with E-state index in [1.807, 2.05) is 6.07 Å². The van der Waals surface area contributed by atoms with Crippen LogP contribution < -0.4 is 14.8 Å². The van der Waals surface area contributed by atoms with Gasteiger partial charge >= 0.3 is 5.97 Å². The second-order valence-electron chi connectivity index (χ2n) is 6.45. The number of nitrogens with zero attached hydrogens (tertiary/aromatic N) is 2. The summed E-state index contributed by atoms with van der Waals surface area (Å²) < 4.78 is 15.7. The van der Waals surface area contributed by atoms with Gasteiger partial charge in [0, 0.05) is 11.6 Å². The van der Waals surface area contributed by atoms with Gasteiger partial charge in [-0.25, -0.2) is 9.78 Å². The van der Waals surface area contributed by atoms with Crippen molar-refractivity contribution in [2.75, 3.05) is 25.6 Å². The van der Waals surface area contributed by atoms with E-state index in [1.165, 1.54) is 13.2 Å². The van der Waals surface area contributed by atoms with E-state index in [2.05, 4.69) is 10.3 Å². The molecular formula is C22H21N3O7S. The average Bonchev–Trinajstić information content (AvgIpc) is 3.23. The Labute approximate surface area is 193 Å². The number of benzene rings is 2. The second-order valence-corrected chi connectivity index (χ2v) is 7.45. The number of hydrogen-bond acceptors (Lipinski definition) is 9. The molecule has 0 spiro atoms. The standard InChI is InChI=1S/C22H21N3O7S/c1-4-31-17-11-14(15(25(28)29)12-16(17)30-3)20(26)24-22-23-18(13-9-7-6-8-10-13)19(33-22)21(27)32-5-2/h6-12H,4-5H2,1-3H3,(H,23,24,26). The van der Waals surface area contributed by atoms with Crippen molar-refractivity contribution in [1.29, 1.82) is 0 Å². The molecule has 11 heteroatoms. The summed E-state index contributed by atoms with van der Waals surface area (Å²) in [5.41, 5.74) is 0.302. The molecule has 0 atom stereocenters. The molecule has 1 heterocycles. The summed E-state index contributed by atoms with van der Waals surface area (Å²) in [6, 6.07) is 11.3. The van der Waals surface area contributed by atoms with Crippen LogP contribution >= 0.6 is 11.3 Å². The molecule has 10 nitrogen and oxygen atoms in total. The molecule has 33 heavy (non-hydrogen) atoms. The lowest BCUT2D eigenvalue weighted by Gasteiger charge is -2.11. The van der Waals surface area contributed by atoms with Crippen LogP contribution in [0.3, 0.4) is 0 Å². The molecular weight excluding hydrogens is 450 g/mol. The SMILES string of the molecule is CCOC(=O)c1sc(NC(=O)c2cc(OCC)c(OC)cc2[N+](=O)[O-])nc1-c1ccccc1. The topological polar surface area (TPSA) is 130 Å². The molecule has 0 bridgehead atoms. The highest BCUT2D eigenvalue weighted by atomic mass is 32.1. The molecule has 3 rings (SSSR count). The number of ether oxygens (including phenoxy) is 3. The summed E-state index contributed by atoms with van der Waals surface area (Å²) in [5.74, 6) is -1.05. The predicted octanol–water partition coefficient (Wildman–Crippen LogP) is 4.55. The minimum absolute atomic E-state index is 0.0879. The summed E-state index contributed by atoms with van der Waals surface area (Å²) in [7, 11) is 1.35. The number of carbonyl (C=O) groups excluding carboxylic acids is 2. The van der Waals surface area contributed by atoms with Gasteiger partial charge in [0.25, 0.3) is 11.6 Å². The van der Waals surface area contributed by atoms with Crippen molar-refractivity contribution in [2.45, 2.75) is 13.8 Å². The molecule has 0 aliphatic carbocycles. The summed E-state index contributed by atoms with van der Waals surface area (Å²) in [6.07, 6.45) is 0. The molecule has 0 saturated heterocycles. The number of nitrogens with one attached hydrogen (secondary N) is 1. The number of methoxy groups -OCH3 is 1. The lowest BCUT2D eigenvalue weighted by atomic mass is 10.1. The van der Waals surface area contributed by atoms with Gasteiger partial charge in [-0.2, -0.15) is 0 Å². The summed E-state index contributed by atoms with van der Waals surface area (Å²) in [6.45, 7) is 3.86. The predicted molar refractivity (Wildman–Crippen MR) is 122 cm³/mol. The number of amides is 1. The molecule has 2 aromatic carbocycles. The second kappa shape index (κ2) is 10.6. The van der Waals surface area contributed by atoms with E-state index in [0.29, 0.717) is 11.3 Å². The zero-order chi connectivity index (χ0) is 24.0. The first-order valence-corrected chi connectivity index (χ1v) is 10.7. The van der Waals surface area contributed by atoms with E-state index in [1.54, 1.807) is 38.1 Å². The van der Waals surface area contributed by atoms with Gasteiger partial charge in [-0.05, 0) is 13.8 Å². The fraction of sp³-hybridized carbons (Fsp3) is 0.227. The van der Waals surface area contributed by atoms with E-state index in [4.69, 9.17) is 14.2 Å². The Kier molecular flexibility index (Phi) is 7.57. The van der Waals surface area contributed by atoms with Crippen LogP contribution in [0.5, 0.6) is 11.5 Å². The molecule has 0 aliphatic rings. The molecule has 0 fully saturated rings. The molecule has 1 N–H and O–H groups in total. The fourth-order valence-electron chi connectivity index (χ4n) is 2.97. The van der Waals surface area contributed by atoms with Crippen molar-refractivity contribution < 1.29 is 28.7 Å². The highest BCUT2D eigenvalue weighted by Crippen LogP contribution is 2.36. The van der Waals surface area contributed by atoms with Crippen LogP contribution in [0.2, 0.25) is 0 Å². The summed E-state index contributed by atoms with van der Waals surface area (Å²) >= 11 is 0.918. The maximum Gasteiger partial charge on any atom is 0.350 e. The smallest absolute Gasteiger partial charge is 0.350 e. The first-order valence-electron chi connectivity index (χ1n) is 9.93. The van der Waals surface area contributed by atoms with Crippen LogP contribution in [-0.4, -0.2) is 42.1 Å². The molecule has 172 valence electrons. The van der Waals surface area contributed by atoms with Gasteiger partial charge in [-0.1, -0.05) is 41.7 Å². The quantitative estimate of drug-likeness (QED) is 0.273. The van der Waals surface area contributed by atoms with Crippen LogP contribution in [-0.2, 0) is 4.74 Å². The number of thiazole rings is 1. The number of anilines is 1.